The summed E-state index contributed by atoms with van der Waals surface area (Å²) < 4.78 is 1.25. The van der Waals surface area contributed by atoms with Crippen LogP contribution in [0.1, 0.15) is 52.0 Å². The third-order valence-electron chi connectivity index (χ3n) is 3.50. The van der Waals surface area contributed by atoms with Crippen molar-refractivity contribution in [1.82, 2.24) is 5.32 Å². The first-order chi connectivity index (χ1) is 9.13. The van der Waals surface area contributed by atoms with Crippen LogP contribution < -0.4 is 5.32 Å². The molecule has 0 aromatic heterocycles. The van der Waals surface area contributed by atoms with Crippen LogP contribution in [0.5, 0.6) is 0 Å². The average molecular weight is 326 g/mol. The van der Waals surface area contributed by atoms with Gasteiger partial charge in [0.1, 0.15) is 0 Å². The molecule has 0 fully saturated rings. The highest BCUT2D eigenvalue weighted by Gasteiger charge is 2.11. The predicted molar refractivity (Wildman–Crippen MR) is 88.6 cm³/mol. The molecule has 19 heavy (non-hydrogen) atoms. The van der Waals surface area contributed by atoms with E-state index in [0.29, 0.717) is 6.04 Å². The van der Waals surface area contributed by atoms with E-state index in [4.69, 9.17) is 0 Å². The first-order valence-electron chi connectivity index (χ1n) is 7.60. The molecule has 0 aliphatic heterocycles. The average Bonchev–Trinajstić information content (AvgIpc) is 2.38. The highest BCUT2D eigenvalue weighted by atomic mass is 79.9. The summed E-state index contributed by atoms with van der Waals surface area (Å²) in [5, 5.41) is 3.60. The van der Waals surface area contributed by atoms with Crippen LogP contribution in [-0.4, -0.2) is 12.6 Å². The summed E-state index contributed by atoms with van der Waals surface area (Å²) in [5.41, 5.74) is 1.44. The Morgan fingerprint density at radius 3 is 2.53 bits per heavy atom. The Labute approximate surface area is 127 Å². The van der Waals surface area contributed by atoms with Gasteiger partial charge in [-0.3, -0.25) is 0 Å². The third kappa shape index (κ3) is 7.12. The van der Waals surface area contributed by atoms with Gasteiger partial charge in [-0.25, -0.2) is 0 Å². The highest BCUT2D eigenvalue weighted by Crippen LogP contribution is 2.22. The lowest BCUT2D eigenvalue weighted by Gasteiger charge is -2.20. The van der Waals surface area contributed by atoms with Gasteiger partial charge < -0.3 is 5.32 Å². The number of halogens is 1. The second kappa shape index (κ2) is 9.55. The van der Waals surface area contributed by atoms with Gasteiger partial charge in [-0.05, 0) is 36.9 Å². The van der Waals surface area contributed by atoms with Gasteiger partial charge in [0.15, 0.2) is 0 Å². The van der Waals surface area contributed by atoms with Crippen LogP contribution in [-0.2, 0) is 6.42 Å². The van der Waals surface area contributed by atoms with Crippen molar-refractivity contribution in [2.24, 2.45) is 5.92 Å². The number of hydrogen-bond donors (Lipinski definition) is 1. The fourth-order valence-corrected chi connectivity index (χ4v) is 2.78. The molecule has 1 atom stereocenters. The van der Waals surface area contributed by atoms with Gasteiger partial charge >= 0.3 is 0 Å². The van der Waals surface area contributed by atoms with E-state index in [-0.39, 0.29) is 0 Å². The minimum atomic E-state index is 0.577. The largest absolute Gasteiger partial charge is 0.314 e. The van der Waals surface area contributed by atoms with E-state index in [9.17, 15) is 0 Å². The summed E-state index contributed by atoms with van der Waals surface area (Å²) in [7, 11) is 0. The molecule has 1 aromatic carbocycles. The topological polar surface area (TPSA) is 12.0 Å². The van der Waals surface area contributed by atoms with E-state index in [1.807, 2.05) is 0 Å². The molecule has 1 unspecified atom stereocenters. The van der Waals surface area contributed by atoms with E-state index in [2.05, 4.69) is 66.3 Å². The maximum atomic E-state index is 3.67. The number of rotatable bonds is 9. The van der Waals surface area contributed by atoms with E-state index in [0.717, 1.165) is 12.5 Å². The summed E-state index contributed by atoms with van der Waals surface area (Å²) in [6, 6.07) is 9.19. The van der Waals surface area contributed by atoms with Crippen LogP contribution in [0.4, 0.5) is 0 Å². The van der Waals surface area contributed by atoms with Gasteiger partial charge in [0, 0.05) is 10.5 Å². The molecule has 1 rings (SSSR count). The van der Waals surface area contributed by atoms with E-state index >= 15 is 0 Å². The molecule has 108 valence electrons. The molecule has 0 radical (unpaired) electrons. The third-order valence-corrected chi connectivity index (χ3v) is 4.27. The standard InChI is InChI=1S/C17H28BrN/c1-4-5-6-9-15(13-19-14(2)3)12-16-10-7-8-11-17(16)18/h7-8,10-11,14-15,19H,4-6,9,12-13H2,1-3H3. The van der Waals surface area contributed by atoms with Gasteiger partial charge in [-0.2, -0.15) is 0 Å². The molecule has 0 spiro atoms. The maximum absolute atomic E-state index is 3.67. The lowest BCUT2D eigenvalue weighted by atomic mass is 9.93. The smallest absolute Gasteiger partial charge is 0.0207 e. The van der Waals surface area contributed by atoms with Gasteiger partial charge in [-0.15, -0.1) is 0 Å². The van der Waals surface area contributed by atoms with Gasteiger partial charge in [0.25, 0.3) is 0 Å². The zero-order valence-electron chi connectivity index (χ0n) is 12.6. The fraction of sp³-hybridized carbons (Fsp3) is 0.647. The number of nitrogens with one attached hydrogen (secondary N) is 1. The molecule has 2 heteroatoms. The van der Waals surface area contributed by atoms with E-state index in [1.54, 1.807) is 0 Å². The second-order valence-corrected chi connectivity index (χ2v) is 6.57. The lowest BCUT2D eigenvalue weighted by Crippen LogP contribution is -2.30. The number of hydrogen-bond acceptors (Lipinski definition) is 1. The van der Waals surface area contributed by atoms with E-state index < -0.39 is 0 Å². The fourth-order valence-electron chi connectivity index (χ4n) is 2.34. The molecule has 0 heterocycles. The van der Waals surface area contributed by atoms with Crippen molar-refractivity contribution in [3.8, 4) is 0 Å². The van der Waals surface area contributed by atoms with Crippen LogP contribution in [0.3, 0.4) is 0 Å². The van der Waals surface area contributed by atoms with Crippen molar-refractivity contribution in [1.29, 1.82) is 0 Å². The Bertz CT molecular complexity index is 349. The second-order valence-electron chi connectivity index (χ2n) is 5.72. The Balaban J connectivity index is 2.54. The Morgan fingerprint density at radius 2 is 1.89 bits per heavy atom. The molecule has 0 saturated heterocycles. The minimum absolute atomic E-state index is 0.577. The molecule has 0 bridgehead atoms. The Morgan fingerprint density at radius 1 is 1.16 bits per heavy atom. The summed E-state index contributed by atoms with van der Waals surface area (Å²) >= 11 is 3.67. The van der Waals surface area contributed by atoms with Crippen LogP contribution in [0.2, 0.25) is 0 Å². The Kier molecular flexibility index (Phi) is 8.40. The number of benzene rings is 1. The predicted octanol–water partition coefficient (Wildman–Crippen LogP) is 5.19. The van der Waals surface area contributed by atoms with Crippen molar-refractivity contribution in [3.05, 3.63) is 34.3 Å². The first-order valence-corrected chi connectivity index (χ1v) is 8.39. The molecule has 0 saturated carbocycles. The zero-order chi connectivity index (χ0) is 14.1. The maximum Gasteiger partial charge on any atom is 0.0207 e. The van der Waals surface area contributed by atoms with Gasteiger partial charge in [0.2, 0.25) is 0 Å². The molecule has 0 aliphatic carbocycles. The summed E-state index contributed by atoms with van der Waals surface area (Å²) in [5.74, 6) is 0.743. The van der Waals surface area contributed by atoms with Crippen molar-refractivity contribution in [3.63, 3.8) is 0 Å². The molecular formula is C17H28BrN. The summed E-state index contributed by atoms with van der Waals surface area (Å²) in [6.45, 7) is 7.85. The van der Waals surface area contributed by atoms with E-state index in [1.165, 1.54) is 42.1 Å². The molecule has 1 aromatic rings. The van der Waals surface area contributed by atoms with Crippen LogP contribution >= 0.6 is 15.9 Å². The minimum Gasteiger partial charge on any atom is -0.314 e. The molecule has 0 aliphatic rings. The van der Waals surface area contributed by atoms with Gasteiger partial charge in [0.05, 0.1) is 0 Å². The van der Waals surface area contributed by atoms with Crippen molar-refractivity contribution in [2.75, 3.05) is 6.54 Å². The van der Waals surface area contributed by atoms with Crippen LogP contribution in [0.25, 0.3) is 0 Å². The Hall–Kier alpha value is -0.340. The SMILES string of the molecule is CCCCCC(CNC(C)C)Cc1ccccc1Br. The highest BCUT2D eigenvalue weighted by molar-refractivity contribution is 9.10. The quantitative estimate of drug-likeness (QED) is 0.616. The normalized spacial score (nSPS) is 12.9. The van der Waals surface area contributed by atoms with Crippen LogP contribution in [0.15, 0.2) is 28.7 Å². The first kappa shape index (κ1) is 16.7. The zero-order valence-corrected chi connectivity index (χ0v) is 14.2. The summed E-state index contributed by atoms with van der Waals surface area (Å²) in [6.07, 6.45) is 6.51. The molecule has 1 nitrogen and oxygen atoms in total. The van der Waals surface area contributed by atoms with Crippen molar-refractivity contribution < 1.29 is 0 Å². The van der Waals surface area contributed by atoms with Crippen molar-refractivity contribution in [2.45, 2.75) is 58.9 Å². The molecule has 0 amide bonds. The summed E-state index contributed by atoms with van der Waals surface area (Å²) in [4.78, 5) is 0. The lowest BCUT2D eigenvalue weighted by molar-refractivity contribution is 0.406. The molecule has 1 N–H and O–H groups in total. The number of unbranched alkanes of at least 4 members (excludes halogenated alkanes) is 2. The monoisotopic (exact) mass is 325 g/mol. The van der Waals surface area contributed by atoms with Crippen molar-refractivity contribution >= 4 is 15.9 Å². The molecular weight excluding hydrogens is 298 g/mol. The van der Waals surface area contributed by atoms with Gasteiger partial charge in [-0.1, -0.05) is 74.2 Å². The van der Waals surface area contributed by atoms with Crippen LogP contribution in [0, 0.1) is 5.92 Å².